The highest BCUT2D eigenvalue weighted by atomic mass is 32.1. The van der Waals surface area contributed by atoms with Crippen LogP contribution in [0.5, 0.6) is 0 Å². The van der Waals surface area contributed by atoms with Gasteiger partial charge in [-0.25, -0.2) is 0 Å². The molecule has 3 aromatic heterocycles. The third-order valence-corrected chi connectivity index (χ3v) is 6.56. The van der Waals surface area contributed by atoms with E-state index in [1.165, 1.54) is 41.4 Å². The van der Waals surface area contributed by atoms with Gasteiger partial charge in [-0.3, -0.25) is 4.98 Å². The first kappa shape index (κ1) is 13.2. The van der Waals surface area contributed by atoms with Gasteiger partial charge in [0.1, 0.15) is 0 Å². The highest BCUT2D eigenvalue weighted by Gasteiger charge is 2.14. The summed E-state index contributed by atoms with van der Waals surface area (Å²) in [7, 11) is 0. The molecule has 0 N–H and O–H groups in total. The van der Waals surface area contributed by atoms with Gasteiger partial charge < -0.3 is 0 Å². The molecule has 1 nitrogen and oxygen atoms in total. The van der Waals surface area contributed by atoms with Crippen molar-refractivity contribution in [3.63, 3.8) is 0 Å². The number of thiophene rings is 2. The summed E-state index contributed by atoms with van der Waals surface area (Å²) in [5.41, 5.74) is 2.42. The molecule has 0 bridgehead atoms. The van der Waals surface area contributed by atoms with Crippen molar-refractivity contribution in [1.82, 2.24) is 4.98 Å². The van der Waals surface area contributed by atoms with Crippen LogP contribution in [0.1, 0.15) is 5.56 Å². The second kappa shape index (κ2) is 4.88. The molecule has 0 atom stereocenters. The van der Waals surface area contributed by atoms with Gasteiger partial charge in [0.2, 0.25) is 0 Å². The number of nitrogens with zero attached hydrogens (tertiary/aromatic N) is 1. The molecule has 0 aliphatic heterocycles. The van der Waals surface area contributed by atoms with E-state index in [1.807, 2.05) is 17.5 Å². The number of rotatable bonds is 1. The molecule has 5 rings (SSSR count). The molecule has 2 aromatic carbocycles. The minimum absolute atomic E-state index is 1.12. The number of hydrogen-bond donors (Lipinski definition) is 0. The van der Waals surface area contributed by atoms with Crippen molar-refractivity contribution in [2.45, 2.75) is 6.92 Å². The van der Waals surface area contributed by atoms with E-state index in [4.69, 9.17) is 0 Å². The van der Waals surface area contributed by atoms with Gasteiger partial charge in [-0.05, 0) is 40.8 Å². The van der Waals surface area contributed by atoms with Crippen LogP contribution in [0, 0.1) is 6.92 Å². The fraction of sp³-hybridized carbons (Fsp3) is 0.0500. The van der Waals surface area contributed by atoms with E-state index in [-0.39, 0.29) is 0 Å². The van der Waals surface area contributed by atoms with Gasteiger partial charge in [-0.15, -0.1) is 22.7 Å². The van der Waals surface area contributed by atoms with Gasteiger partial charge in [0, 0.05) is 21.7 Å². The number of fused-ring (bicyclic) bond motifs is 5. The molecule has 0 amide bonds. The van der Waals surface area contributed by atoms with Crippen molar-refractivity contribution in [3.05, 3.63) is 65.7 Å². The van der Waals surface area contributed by atoms with Crippen LogP contribution in [0.15, 0.2) is 60.1 Å². The van der Waals surface area contributed by atoms with Gasteiger partial charge in [0.15, 0.2) is 0 Å². The predicted octanol–water partition coefficient (Wildman–Crippen LogP) is 6.64. The molecule has 0 saturated carbocycles. The fourth-order valence-corrected chi connectivity index (χ4v) is 5.46. The van der Waals surface area contributed by atoms with E-state index in [0.717, 1.165) is 5.69 Å². The lowest BCUT2D eigenvalue weighted by Gasteiger charge is -1.99. The highest BCUT2D eigenvalue weighted by molar-refractivity contribution is 7.27. The number of aromatic nitrogens is 1. The van der Waals surface area contributed by atoms with Gasteiger partial charge in [-0.2, -0.15) is 0 Å². The Balaban J connectivity index is 1.94. The maximum atomic E-state index is 4.69. The van der Waals surface area contributed by atoms with E-state index in [1.54, 1.807) is 11.3 Å². The van der Waals surface area contributed by atoms with Crippen molar-refractivity contribution in [1.29, 1.82) is 0 Å². The monoisotopic (exact) mass is 331 g/mol. The van der Waals surface area contributed by atoms with Crippen molar-refractivity contribution in [2.24, 2.45) is 0 Å². The van der Waals surface area contributed by atoms with E-state index in [2.05, 4.69) is 65.8 Å². The lowest BCUT2D eigenvalue weighted by molar-refractivity contribution is 1.38. The molecular weight excluding hydrogens is 318 g/mol. The van der Waals surface area contributed by atoms with Crippen LogP contribution in [0.4, 0.5) is 0 Å². The van der Waals surface area contributed by atoms with Gasteiger partial charge >= 0.3 is 0 Å². The molecular formula is C20H13NS2. The first-order valence-corrected chi connectivity index (χ1v) is 9.25. The Morgan fingerprint density at radius 1 is 0.870 bits per heavy atom. The van der Waals surface area contributed by atoms with Crippen molar-refractivity contribution in [2.75, 3.05) is 0 Å². The van der Waals surface area contributed by atoms with E-state index in [0.29, 0.717) is 0 Å². The van der Waals surface area contributed by atoms with Crippen LogP contribution in [0.2, 0.25) is 0 Å². The molecule has 0 saturated heterocycles. The fourth-order valence-electron chi connectivity index (χ4n) is 3.16. The SMILES string of the molecule is Cc1csc(-c2nccc3c2sc2c4ccccc4ccc32)c1. The Kier molecular flexibility index (Phi) is 2.81. The second-order valence-electron chi connectivity index (χ2n) is 5.79. The topological polar surface area (TPSA) is 12.9 Å². The molecule has 0 unspecified atom stereocenters. The minimum Gasteiger partial charge on any atom is -0.254 e. The quantitative estimate of drug-likeness (QED) is 0.335. The molecule has 0 radical (unpaired) electrons. The average Bonchev–Trinajstić information content (AvgIpc) is 3.18. The highest BCUT2D eigenvalue weighted by Crippen LogP contribution is 2.42. The Bertz CT molecular complexity index is 1180. The van der Waals surface area contributed by atoms with E-state index < -0.39 is 0 Å². The molecule has 5 aromatic rings. The lowest BCUT2D eigenvalue weighted by atomic mass is 10.1. The first-order chi connectivity index (χ1) is 11.3. The maximum Gasteiger partial charge on any atom is 0.0980 e. The second-order valence-corrected chi connectivity index (χ2v) is 7.72. The number of pyridine rings is 1. The molecule has 0 aliphatic carbocycles. The normalized spacial score (nSPS) is 11.7. The summed E-state index contributed by atoms with van der Waals surface area (Å²) in [6.07, 6.45) is 1.94. The van der Waals surface area contributed by atoms with Crippen molar-refractivity contribution >= 4 is 53.6 Å². The van der Waals surface area contributed by atoms with Crippen LogP contribution in [-0.4, -0.2) is 4.98 Å². The Hall–Kier alpha value is -2.23. The zero-order valence-corrected chi connectivity index (χ0v) is 14.2. The summed E-state index contributed by atoms with van der Waals surface area (Å²) in [5, 5.41) is 7.47. The predicted molar refractivity (Wildman–Crippen MR) is 103 cm³/mol. The Morgan fingerprint density at radius 3 is 2.61 bits per heavy atom. The molecule has 3 heteroatoms. The molecule has 0 aliphatic rings. The lowest BCUT2D eigenvalue weighted by Crippen LogP contribution is -1.79. The van der Waals surface area contributed by atoms with Gasteiger partial charge in [-0.1, -0.05) is 36.4 Å². The minimum atomic E-state index is 1.12. The average molecular weight is 331 g/mol. The summed E-state index contributed by atoms with van der Waals surface area (Å²) < 4.78 is 2.65. The summed E-state index contributed by atoms with van der Waals surface area (Å²) in [6, 6.07) is 17.5. The Morgan fingerprint density at radius 2 is 1.74 bits per heavy atom. The zero-order valence-electron chi connectivity index (χ0n) is 12.5. The largest absolute Gasteiger partial charge is 0.254 e. The van der Waals surface area contributed by atoms with Crippen LogP contribution in [0.25, 0.3) is 41.5 Å². The maximum absolute atomic E-state index is 4.69. The van der Waals surface area contributed by atoms with E-state index >= 15 is 0 Å². The number of benzene rings is 2. The smallest absolute Gasteiger partial charge is 0.0980 e. The molecule has 23 heavy (non-hydrogen) atoms. The van der Waals surface area contributed by atoms with Crippen molar-refractivity contribution < 1.29 is 0 Å². The number of hydrogen-bond acceptors (Lipinski definition) is 3. The van der Waals surface area contributed by atoms with Gasteiger partial charge in [0.25, 0.3) is 0 Å². The first-order valence-electron chi connectivity index (χ1n) is 7.56. The molecule has 0 spiro atoms. The molecule has 0 fully saturated rings. The zero-order chi connectivity index (χ0) is 15.4. The summed E-state index contributed by atoms with van der Waals surface area (Å²) in [5.74, 6) is 0. The molecule has 110 valence electrons. The van der Waals surface area contributed by atoms with Gasteiger partial charge in [0.05, 0.1) is 15.3 Å². The van der Waals surface area contributed by atoms with Crippen LogP contribution < -0.4 is 0 Å². The number of aryl methyl sites for hydroxylation is 1. The third kappa shape index (κ3) is 1.94. The summed E-state index contributed by atoms with van der Waals surface area (Å²) in [6.45, 7) is 2.14. The van der Waals surface area contributed by atoms with Crippen LogP contribution >= 0.6 is 22.7 Å². The standard InChI is InChI=1S/C20H13NS2/c1-12-10-17(22-11-12)18-20-16(8-9-21-18)15-7-6-13-4-2-3-5-14(13)19(15)23-20/h2-11H,1H3. The molecule has 3 heterocycles. The van der Waals surface area contributed by atoms with Crippen molar-refractivity contribution in [3.8, 4) is 10.6 Å². The summed E-state index contributed by atoms with van der Waals surface area (Å²) >= 11 is 3.64. The third-order valence-electron chi connectivity index (χ3n) is 4.24. The summed E-state index contributed by atoms with van der Waals surface area (Å²) in [4.78, 5) is 5.94. The van der Waals surface area contributed by atoms with Crippen LogP contribution in [-0.2, 0) is 0 Å². The Labute approximate surface area is 141 Å². The van der Waals surface area contributed by atoms with Crippen LogP contribution in [0.3, 0.4) is 0 Å². The van der Waals surface area contributed by atoms with E-state index in [9.17, 15) is 0 Å².